The minimum absolute atomic E-state index is 0.0583. The first kappa shape index (κ1) is 16.7. The van der Waals surface area contributed by atoms with Crippen molar-refractivity contribution in [2.75, 3.05) is 13.2 Å². The van der Waals surface area contributed by atoms with Crippen molar-refractivity contribution in [2.24, 2.45) is 0 Å². The van der Waals surface area contributed by atoms with E-state index in [0.717, 1.165) is 25.7 Å². The quantitative estimate of drug-likeness (QED) is 0.417. The van der Waals surface area contributed by atoms with Gasteiger partial charge in [-0.3, -0.25) is 0 Å². The largest absolute Gasteiger partial charge is 0.317 e. The molecule has 1 aromatic rings. The molecule has 0 amide bonds. The molecular formula is C13H21F2N3. The van der Waals surface area contributed by atoms with Crippen molar-refractivity contribution in [3.8, 4) is 0 Å². The van der Waals surface area contributed by atoms with E-state index in [1.54, 1.807) is 12.1 Å². The van der Waals surface area contributed by atoms with Gasteiger partial charge in [0.1, 0.15) is 0 Å². The Balaban J connectivity index is 0.00000137. The zero-order valence-electron chi connectivity index (χ0n) is 10.9. The van der Waals surface area contributed by atoms with Crippen molar-refractivity contribution in [3.63, 3.8) is 0 Å². The second kappa shape index (κ2) is 8.72. The molecule has 1 rings (SSSR count). The second-order valence-electron chi connectivity index (χ2n) is 3.79. The standard InChI is InChI=1S/C12H18F2N2.CH3N/c1-3-15-9-16-8-10-4-6-11(7-5-10)12(2,13)14;1-2/h4-7,15-16H,3,8-9H2,1-2H3;2H,1H2. The highest BCUT2D eigenvalue weighted by atomic mass is 19.3. The van der Waals surface area contributed by atoms with Gasteiger partial charge in [-0.05, 0) is 18.8 Å². The molecule has 0 saturated heterocycles. The Morgan fingerprint density at radius 1 is 1.17 bits per heavy atom. The van der Waals surface area contributed by atoms with Crippen LogP contribution < -0.4 is 10.6 Å². The summed E-state index contributed by atoms with van der Waals surface area (Å²) in [6.07, 6.45) is 0. The van der Waals surface area contributed by atoms with Crippen LogP contribution in [0.1, 0.15) is 25.0 Å². The maximum atomic E-state index is 12.9. The van der Waals surface area contributed by atoms with Crippen LogP contribution >= 0.6 is 0 Å². The monoisotopic (exact) mass is 257 g/mol. The summed E-state index contributed by atoms with van der Waals surface area (Å²) in [6, 6.07) is 6.41. The van der Waals surface area contributed by atoms with Gasteiger partial charge >= 0.3 is 0 Å². The van der Waals surface area contributed by atoms with Gasteiger partial charge in [0, 0.05) is 25.7 Å². The zero-order valence-corrected chi connectivity index (χ0v) is 10.9. The summed E-state index contributed by atoms with van der Waals surface area (Å²) in [5, 5.41) is 11.8. The summed E-state index contributed by atoms with van der Waals surface area (Å²) in [4.78, 5) is 0. The Labute approximate surface area is 107 Å². The zero-order chi connectivity index (χ0) is 14.0. The van der Waals surface area contributed by atoms with E-state index >= 15 is 0 Å². The lowest BCUT2D eigenvalue weighted by Crippen LogP contribution is -2.28. The van der Waals surface area contributed by atoms with Gasteiger partial charge in [0.25, 0.3) is 5.92 Å². The van der Waals surface area contributed by atoms with Crippen LogP contribution in [0.2, 0.25) is 0 Å². The topological polar surface area (TPSA) is 47.9 Å². The van der Waals surface area contributed by atoms with Crippen LogP contribution in [0.3, 0.4) is 0 Å². The van der Waals surface area contributed by atoms with Crippen molar-refractivity contribution in [2.45, 2.75) is 26.3 Å². The maximum Gasteiger partial charge on any atom is 0.270 e. The number of hydrogen-bond donors (Lipinski definition) is 3. The molecule has 0 aliphatic heterocycles. The average molecular weight is 257 g/mol. The lowest BCUT2D eigenvalue weighted by molar-refractivity contribution is 0.0174. The van der Waals surface area contributed by atoms with Gasteiger partial charge in [-0.2, -0.15) is 0 Å². The summed E-state index contributed by atoms with van der Waals surface area (Å²) < 4.78 is 25.8. The Kier molecular flexibility index (Phi) is 8.07. The smallest absolute Gasteiger partial charge is 0.270 e. The summed E-state index contributed by atoms with van der Waals surface area (Å²) in [5.41, 5.74) is 1.06. The SMILES string of the molecule is C=N.CCNCNCc1ccc(C(C)(F)F)cc1. The molecule has 0 unspecified atom stereocenters. The Morgan fingerprint density at radius 3 is 2.17 bits per heavy atom. The fourth-order valence-electron chi connectivity index (χ4n) is 1.34. The van der Waals surface area contributed by atoms with Gasteiger partial charge in [0.05, 0.1) is 0 Å². The van der Waals surface area contributed by atoms with Crippen LogP contribution in [0, 0.1) is 5.41 Å². The number of nitrogens with one attached hydrogen (secondary N) is 3. The molecule has 3 N–H and O–H groups in total. The van der Waals surface area contributed by atoms with E-state index in [2.05, 4.69) is 17.4 Å². The lowest BCUT2D eigenvalue weighted by atomic mass is 10.1. The highest BCUT2D eigenvalue weighted by Gasteiger charge is 2.23. The van der Waals surface area contributed by atoms with Crippen LogP contribution in [0.5, 0.6) is 0 Å². The predicted molar refractivity (Wildman–Crippen MR) is 71.2 cm³/mol. The summed E-state index contributed by atoms with van der Waals surface area (Å²) in [5.74, 6) is -2.75. The first-order chi connectivity index (χ1) is 8.54. The Bertz CT molecular complexity index is 320. The van der Waals surface area contributed by atoms with Crippen molar-refractivity contribution < 1.29 is 8.78 Å². The molecule has 0 fully saturated rings. The van der Waals surface area contributed by atoms with E-state index in [1.165, 1.54) is 12.1 Å². The molecule has 3 nitrogen and oxygen atoms in total. The number of alkyl halides is 2. The molecule has 0 radical (unpaired) electrons. The van der Waals surface area contributed by atoms with Gasteiger partial charge in [0.2, 0.25) is 0 Å². The van der Waals surface area contributed by atoms with Crippen LogP contribution in [-0.4, -0.2) is 19.9 Å². The van der Waals surface area contributed by atoms with Crippen molar-refractivity contribution in [1.29, 1.82) is 5.41 Å². The van der Waals surface area contributed by atoms with E-state index in [9.17, 15) is 8.78 Å². The number of benzene rings is 1. The molecule has 0 aliphatic rings. The van der Waals surface area contributed by atoms with Gasteiger partial charge < -0.3 is 16.0 Å². The molecule has 1 aromatic carbocycles. The third-order valence-corrected chi connectivity index (χ3v) is 2.29. The van der Waals surface area contributed by atoms with Crippen LogP contribution in [0.4, 0.5) is 8.78 Å². The van der Waals surface area contributed by atoms with E-state index in [0.29, 0.717) is 6.54 Å². The minimum Gasteiger partial charge on any atom is -0.317 e. The van der Waals surface area contributed by atoms with Crippen molar-refractivity contribution in [3.05, 3.63) is 35.4 Å². The Morgan fingerprint density at radius 2 is 1.72 bits per heavy atom. The van der Waals surface area contributed by atoms with E-state index < -0.39 is 5.92 Å². The first-order valence-electron chi connectivity index (χ1n) is 5.78. The number of hydrogen-bond acceptors (Lipinski definition) is 3. The van der Waals surface area contributed by atoms with Crippen molar-refractivity contribution >= 4 is 6.72 Å². The van der Waals surface area contributed by atoms with Crippen molar-refractivity contribution in [1.82, 2.24) is 10.6 Å². The molecule has 0 aromatic heterocycles. The fourth-order valence-corrected chi connectivity index (χ4v) is 1.34. The third kappa shape index (κ3) is 6.42. The van der Waals surface area contributed by atoms with Crippen LogP contribution in [0.25, 0.3) is 0 Å². The van der Waals surface area contributed by atoms with Gasteiger partial charge in [-0.15, -0.1) is 0 Å². The minimum atomic E-state index is -2.75. The fraction of sp³-hybridized carbons (Fsp3) is 0.462. The maximum absolute atomic E-state index is 12.9. The van der Waals surface area contributed by atoms with Gasteiger partial charge in [-0.1, -0.05) is 31.2 Å². The highest BCUT2D eigenvalue weighted by molar-refractivity contribution is 5.25. The van der Waals surface area contributed by atoms with Crippen LogP contribution in [0.15, 0.2) is 24.3 Å². The molecule has 0 atom stereocenters. The molecule has 102 valence electrons. The normalized spacial score (nSPS) is 10.7. The third-order valence-electron chi connectivity index (χ3n) is 2.29. The molecule has 0 bridgehead atoms. The summed E-state index contributed by atoms with van der Waals surface area (Å²) in [7, 11) is 0. The molecule has 18 heavy (non-hydrogen) atoms. The van der Waals surface area contributed by atoms with Gasteiger partial charge in [-0.25, -0.2) is 8.78 Å². The summed E-state index contributed by atoms with van der Waals surface area (Å²) in [6.45, 7) is 7.75. The average Bonchev–Trinajstić information content (AvgIpc) is 2.37. The molecule has 0 spiro atoms. The Hall–Kier alpha value is -1.33. The molecule has 0 aliphatic carbocycles. The number of rotatable bonds is 6. The molecule has 0 saturated carbocycles. The second-order valence-corrected chi connectivity index (χ2v) is 3.79. The van der Waals surface area contributed by atoms with E-state index in [4.69, 9.17) is 5.41 Å². The first-order valence-corrected chi connectivity index (χ1v) is 5.78. The molecule has 5 heteroatoms. The number of halogens is 2. The van der Waals surface area contributed by atoms with E-state index in [-0.39, 0.29) is 5.56 Å². The summed E-state index contributed by atoms with van der Waals surface area (Å²) >= 11 is 0. The lowest BCUT2D eigenvalue weighted by Gasteiger charge is -2.11. The van der Waals surface area contributed by atoms with Crippen LogP contribution in [-0.2, 0) is 12.5 Å². The van der Waals surface area contributed by atoms with Gasteiger partial charge in [0.15, 0.2) is 0 Å². The molecule has 0 heterocycles. The highest BCUT2D eigenvalue weighted by Crippen LogP contribution is 2.26. The predicted octanol–water partition coefficient (Wildman–Crippen LogP) is 2.72. The molecular weight excluding hydrogens is 236 g/mol. The van der Waals surface area contributed by atoms with E-state index in [1.807, 2.05) is 6.92 Å².